The van der Waals surface area contributed by atoms with Crippen molar-refractivity contribution in [2.24, 2.45) is 4.99 Å². The molecule has 1 N–H and O–H groups in total. The van der Waals surface area contributed by atoms with Crippen LogP contribution in [-0.2, 0) is 14.3 Å². The second kappa shape index (κ2) is 6.12. The van der Waals surface area contributed by atoms with E-state index >= 15 is 0 Å². The smallest absolute Gasteiger partial charge is 0.272 e. The number of amides is 2. The maximum absolute atomic E-state index is 13.0. The van der Waals surface area contributed by atoms with E-state index in [0.29, 0.717) is 18.7 Å². The number of aromatic nitrogens is 2. The van der Waals surface area contributed by atoms with Crippen LogP contribution in [0.5, 0.6) is 0 Å². The van der Waals surface area contributed by atoms with E-state index in [1.54, 1.807) is 12.4 Å². The zero-order chi connectivity index (χ0) is 17.7. The first kappa shape index (κ1) is 15.9. The fraction of sp³-hybridized carbons (Fsp3) is 0.444. The van der Waals surface area contributed by atoms with Crippen molar-refractivity contribution >= 4 is 34.2 Å². The van der Waals surface area contributed by atoms with Gasteiger partial charge in [0, 0.05) is 30.4 Å². The summed E-state index contributed by atoms with van der Waals surface area (Å²) >= 11 is 1.45. The number of aromatic amines is 1. The highest BCUT2D eigenvalue weighted by molar-refractivity contribution is 8.10. The Morgan fingerprint density at radius 2 is 2.15 bits per heavy atom. The van der Waals surface area contributed by atoms with Gasteiger partial charge in [0.25, 0.3) is 11.8 Å². The maximum atomic E-state index is 13.0. The molecule has 5 rings (SSSR count). The lowest BCUT2D eigenvalue weighted by molar-refractivity contribution is -0.124. The number of likely N-dealkylation sites (tertiary alicyclic amines) is 1. The molecule has 26 heavy (non-hydrogen) atoms. The minimum absolute atomic E-state index is 0.111. The van der Waals surface area contributed by atoms with Crippen molar-refractivity contribution in [3.63, 3.8) is 0 Å². The number of allylic oxidation sites excluding steroid dienone is 1. The number of carbonyl (C=O) groups excluding carboxylic acids is 2. The van der Waals surface area contributed by atoms with Crippen LogP contribution in [0.1, 0.15) is 31.2 Å². The number of nitrogens with one attached hydrogen (secondary N) is 1. The van der Waals surface area contributed by atoms with E-state index in [1.165, 1.54) is 11.8 Å². The Kier molecular flexibility index (Phi) is 3.74. The van der Waals surface area contributed by atoms with Crippen LogP contribution in [0, 0.1) is 0 Å². The molecule has 1 aromatic heterocycles. The predicted octanol–water partition coefficient (Wildman–Crippen LogP) is 1.90. The molecule has 0 aromatic carbocycles. The standard InChI is InChI=1S/C18H18N4O3S/c23-17-16-12-11(13(21-17)18(24)22-5-1-2-6-22)4-3-7-25-14(12)15(26-16)10-8-19-20-9-10/h8-9,16H,1-7H2,(H,19,20). The normalized spacial score (nSPS) is 25.2. The van der Waals surface area contributed by atoms with Gasteiger partial charge in [0.05, 0.1) is 17.7 Å². The fourth-order valence-electron chi connectivity index (χ4n) is 3.95. The summed E-state index contributed by atoms with van der Waals surface area (Å²) in [6.07, 6.45) is 7.05. The average Bonchev–Trinajstić information content (AvgIpc) is 3.37. The SMILES string of the molecule is O=C1N=C(C(=O)N2CCCC2)C2=C3C(=C(c4cn[nH]c4)SC13)OCCC2. The molecule has 0 bridgehead atoms. The van der Waals surface area contributed by atoms with Gasteiger partial charge < -0.3 is 9.64 Å². The summed E-state index contributed by atoms with van der Waals surface area (Å²) in [4.78, 5) is 32.7. The molecule has 0 saturated carbocycles. The van der Waals surface area contributed by atoms with E-state index in [4.69, 9.17) is 4.74 Å². The van der Waals surface area contributed by atoms with Crippen LogP contribution in [0.25, 0.3) is 4.91 Å². The molecule has 0 radical (unpaired) electrons. The molecular formula is C18H18N4O3S. The van der Waals surface area contributed by atoms with Gasteiger partial charge in [-0.15, -0.1) is 11.8 Å². The molecule has 7 nitrogen and oxygen atoms in total. The van der Waals surface area contributed by atoms with Crippen LogP contribution in [0.2, 0.25) is 0 Å². The molecule has 1 unspecified atom stereocenters. The van der Waals surface area contributed by atoms with Gasteiger partial charge in [-0.3, -0.25) is 14.7 Å². The molecule has 8 heteroatoms. The minimum atomic E-state index is -0.418. The van der Waals surface area contributed by atoms with Crippen molar-refractivity contribution < 1.29 is 14.3 Å². The Morgan fingerprint density at radius 3 is 2.92 bits per heavy atom. The Morgan fingerprint density at radius 1 is 1.31 bits per heavy atom. The lowest BCUT2D eigenvalue weighted by Crippen LogP contribution is -2.39. The first-order valence-corrected chi connectivity index (χ1v) is 9.80. The third-order valence-electron chi connectivity index (χ3n) is 5.18. The topological polar surface area (TPSA) is 87.7 Å². The highest BCUT2D eigenvalue weighted by atomic mass is 32.2. The number of hydrogen-bond donors (Lipinski definition) is 1. The molecule has 1 atom stereocenters. The number of H-pyrrole nitrogens is 1. The van der Waals surface area contributed by atoms with Crippen LogP contribution in [0.3, 0.4) is 0 Å². The van der Waals surface area contributed by atoms with E-state index in [9.17, 15) is 9.59 Å². The average molecular weight is 370 g/mol. The van der Waals surface area contributed by atoms with Crippen molar-refractivity contribution in [2.45, 2.75) is 30.9 Å². The number of carbonyl (C=O) groups is 2. The highest BCUT2D eigenvalue weighted by Crippen LogP contribution is 2.51. The van der Waals surface area contributed by atoms with Crippen molar-refractivity contribution in [2.75, 3.05) is 19.7 Å². The van der Waals surface area contributed by atoms with Crippen LogP contribution in [-0.4, -0.2) is 57.6 Å². The zero-order valence-electron chi connectivity index (χ0n) is 14.2. The molecule has 0 aliphatic carbocycles. The van der Waals surface area contributed by atoms with Crippen molar-refractivity contribution in [3.8, 4) is 0 Å². The highest BCUT2D eigenvalue weighted by Gasteiger charge is 2.45. The molecule has 4 aliphatic heterocycles. The summed E-state index contributed by atoms with van der Waals surface area (Å²) in [6.45, 7) is 2.05. The van der Waals surface area contributed by atoms with Crippen molar-refractivity contribution in [3.05, 3.63) is 34.9 Å². The molecular weight excluding hydrogens is 352 g/mol. The Balaban J connectivity index is 1.63. The van der Waals surface area contributed by atoms with Crippen LogP contribution < -0.4 is 0 Å². The third-order valence-corrected chi connectivity index (χ3v) is 6.51. The van der Waals surface area contributed by atoms with Gasteiger partial charge in [0.15, 0.2) is 0 Å². The van der Waals surface area contributed by atoms with Gasteiger partial charge >= 0.3 is 0 Å². The van der Waals surface area contributed by atoms with Crippen LogP contribution in [0.15, 0.2) is 34.3 Å². The predicted molar refractivity (Wildman–Crippen MR) is 97.4 cm³/mol. The molecule has 0 spiro atoms. The Bertz CT molecular complexity index is 878. The van der Waals surface area contributed by atoms with Gasteiger partial charge in [0.2, 0.25) is 0 Å². The number of rotatable bonds is 2. The number of nitrogens with zero attached hydrogens (tertiary/aromatic N) is 3. The van der Waals surface area contributed by atoms with Gasteiger partial charge in [-0.1, -0.05) is 0 Å². The summed E-state index contributed by atoms with van der Waals surface area (Å²) < 4.78 is 6.03. The second-order valence-corrected chi connectivity index (χ2v) is 7.90. The first-order valence-electron chi connectivity index (χ1n) is 8.92. The number of aliphatic imine (C=N–C) groups is 1. The van der Waals surface area contributed by atoms with Gasteiger partial charge in [-0.2, -0.15) is 5.10 Å². The van der Waals surface area contributed by atoms with Crippen LogP contribution in [0.4, 0.5) is 0 Å². The summed E-state index contributed by atoms with van der Waals surface area (Å²) in [6, 6.07) is 0. The number of dihydropyridines is 1. The minimum Gasteiger partial charge on any atom is -0.492 e. The number of thioether (sulfide) groups is 1. The van der Waals surface area contributed by atoms with E-state index in [1.807, 2.05) is 4.90 Å². The van der Waals surface area contributed by atoms with Gasteiger partial charge in [-0.25, -0.2) is 4.99 Å². The zero-order valence-corrected chi connectivity index (χ0v) is 15.0. The Labute approximate surface area is 154 Å². The van der Waals surface area contributed by atoms with Crippen molar-refractivity contribution in [1.29, 1.82) is 0 Å². The van der Waals surface area contributed by atoms with Crippen LogP contribution >= 0.6 is 11.8 Å². The summed E-state index contributed by atoms with van der Waals surface area (Å²) in [5.74, 6) is 0.349. The third kappa shape index (κ3) is 2.35. The molecule has 2 amide bonds. The molecule has 1 fully saturated rings. The molecule has 134 valence electrons. The number of hydrogen-bond acceptors (Lipinski definition) is 5. The lowest BCUT2D eigenvalue weighted by Gasteiger charge is -2.23. The molecule has 1 saturated heterocycles. The van der Waals surface area contributed by atoms with Gasteiger partial charge in [-0.05, 0) is 31.3 Å². The van der Waals surface area contributed by atoms with Gasteiger partial charge in [0.1, 0.15) is 16.7 Å². The largest absolute Gasteiger partial charge is 0.492 e. The van der Waals surface area contributed by atoms with Crippen molar-refractivity contribution in [1.82, 2.24) is 15.1 Å². The Hall–Kier alpha value is -2.35. The van der Waals surface area contributed by atoms with E-state index in [-0.39, 0.29) is 11.8 Å². The summed E-state index contributed by atoms with van der Waals surface area (Å²) in [5, 5.41) is 6.40. The second-order valence-electron chi connectivity index (χ2n) is 6.79. The maximum Gasteiger partial charge on any atom is 0.272 e. The quantitative estimate of drug-likeness (QED) is 0.859. The molecule has 1 aromatic rings. The first-order chi connectivity index (χ1) is 12.7. The number of ether oxygens (including phenoxy) is 1. The van der Waals surface area contributed by atoms with E-state index in [0.717, 1.165) is 59.7 Å². The van der Waals surface area contributed by atoms with E-state index in [2.05, 4.69) is 15.2 Å². The molecule has 4 aliphatic rings. The fourth-order valence-corrected chi connectivity index (χ4v) is 5.23. The van der Waals surface area contributed by atoms with E-state index < -0.39 is 5.25 Å². The monoisotopic (exact) mass is 370 g/mol. The lowest BCUT2D eigenvalue weighted by atomic mass is 9.92. The summed E-state index contributed by atoms with van der Waals surface area (Å²) in [7, 11) is 0. The summed E-state index contributed by atoms with van der Waals surface area (Å²) in [5.41, 5.74) is 2.98. The molecule has 5 heterocycles.